The van der Waals surface area contributed by atoms with Gasteiger partial charge >= 0.3 is 0 Å². The molecule has 0 fully saturated rings. The maximum atomic E-state index is 13.2. The zero-order valence-corrected chi connectivity index (χ0v) is 16.9. The van der Waals surface area contributed by atoms with Gasteiger partial charge in [-0.15, -0.1) is 0 Å². The summed E-state index contributed by atoms with van der Waals surface area (Å²) in [6.07, 6.45) is -0.206. The highest BCUT2D eigenvalue weighted by molar-refractivity contribution is 5.66. The van der Waals surface area contributed by atoms with Crippen molar-refractivity contribution in [1.82, 2.24) is 19.9 Å². The lowest BCUT2D eigenvalue weighted by Crippen LogP contribution is -2.21. The Morgan fingerprint density at radius 2 is 1.90 bits per heavy atom. The Balaban J connectivity index is 1.40. The summed E-state index contributed by atoms with van der Waals surface area (Å²) in [7, 11) is 3.16. The summed E-state index contributed by atoms with van der Waals surface area (Å²) in [4.78, 5) is 4.49. The van der Waals surface area contributed by atoms with Gasteiger partial charge in [-0.2, -0.15) is 10.1 Å². The van der Waals surface area contributed by atoms with E-state index < -0.39 is 0 Å². The predicted molar refractivity (Wildman–Crippen MR) is 108 cm³/mol. The second-order valence-corrected chi connectivity index (χ2v) is 7.04. The first-order chi connectivity index (χ1) is 15.1. The van der Waals surface area contributed by atoms with Crippen LogP contribution in [0.1, 0.15) is 17.4 Å². The monoisotopic (exact) mass is 422 g/mol. The Morgan fingerprint density at radius 3 is 2.68 bits per heavy atom. The van der Waals surface area contributed by atoms with Gasteiger partial charge in [-0.25, -0.2) is 4.39 Å². The number of fused-ring (bicyclic) bond motifs is 1. The lowest BCUT2D eigenvalue weighted by molar-refractivity contribution is -0.00116. The van der Waals surface area contributed by atoms with Crippen molar-refractivity contribution in [2.75, 3.05) is 14.2 Å². The molecule has 3 heterocycles. The third-order valence-electron chi connectivity index (χ3n) is 5.17. The van der Waals surface area contributed by atoms with Gasteiger partial charge in [-0.1, -0.05) is 17.3 Å². The molecule has 0 bridgehead atoms. The van der Waals surface area contributed by atoms with Crippen molar-refractivity contribution in [3.05, 3.63) is 65.6 Å². The fourth-order valence-electron chi connectivity index (χ4n) is 3.53. The van der Waals surface area contributed by atoms with Crippen LogP contribution in [0.2, 0.25) is 0 Å². The summed E-state index contributed by atoms with van der Waals surface area (Å²) in [5.41, 5.74) is 3.04. The van der Waals surface area contributed by atoms with Crippen LogP contribution in [0.25, 0.3) is 23.0 Å². The Bertz CT molecular complexity index is 1220. The third kappa shape index (κ3) is 3.64. The molecule has 9 heteroatoms. The molecule has 5 rings (SSSR count). The topological polar surface area (TPSA) is 84.4 Å². The first-order valence-electron chi connectivity index (χ1n) is 9.65. The standard InChI is InChI=1S/C22H19FN4O4/c1-28-16-7-8-17(19(10-16)29-2)21-24-22(31-26-21)18-9-15-12-30-20(11-27(15)25-18)13-3-5-14(23)6-4-13/h3-10,20H,11-12H2,1-2H3/t20-/m1/s1. The number of hydrogen-bond donors (Lipinski definition) is 0. The first kappa shape index (κ1) is 19.3. The number of hydrogen-bond acceptors (Lipinski definition) is 7. The molecular formula is C22H19FN4O4. The molecule has 1 aliphatic rings. The van der Waals surface area contributed by atoms with E-state index in [1.165, 1.54) is 12.1 Å². The van der Waals surface area contributed by atoms with Crippen LogP contribution in [0, 0.1) is 5.82 Å². The molecule has 0 radical (unpaired) electrons. The van der Waals surface area contributed by atoms with Gasteiger partial charge in [-0.3, -0.25) is 4.68 Å². The fraction of sp³-hybridized carbons (Fsp3) is 0.227. The number of rotatable bonds is 5. The van der Waals surface area contributed by atoms with Gasteiger partial charge in [0.2, 0.25) is 5.82 Å². The quantitative estimate of drug-likeness (QED) is 0.480. The fourth-order valence-corrected chi connectivity index (χ4v) is 3.53. The minimum atomic E-state index is -0.276. The Kier molecular flexibility index (Phi) is 4.87. The summed E-state index contributed by atoms with van der Waals surface area (Å²) in [5, 5.41) is 8.69. The van der Waals surface area contributed by atoms with E-state index in [1.54, 1.807) is 38.5 Å². The molecule has 0 spiro atoms. The van der Waals surface area contributed by atoms with Crippen molar-refractivity contribution >= 4 is 0 Å². The van der Waals surface area contributed by atoms with Crippen LogP contribution < -0.4 is 9.47 Å². The number of nitrogens with zero attached hydrogens (tertiary/aromatic N) is 4. The van der Waals surface area contributed by atoms with E-state index in [1.807, 2.05) is 16.8 Å². The molecule has 0 unspecified atom stereocenters. The number of aromatic nitrogens is 4. The predicted octanol–water partition coefficient (Wildman–Crippen LogP) is 4.03. The van der Waals surface area contributed by atoms with Gasteiger partial charge < -0.3 is 18.7 Å². The molecule has 31 heavy (non-hydrogen) atoms. The molecule has 0 amide bonds. The van der Waals surface area contributed by atoms with Crippen LogP contribution in [0.5, 0.6) is 11.5 Å². The van der Waals surface area contributed by atoms with Gasteiger partial charge in [0.25, 0.3) is 5.89 Å². The molecule has 2 aromatic heterocycles. The zero-order chi connectivity index (χ0) is 21.4. The molecule has 8 nitrogen and oxygen atoms in total. The Labute approximate surface area is 177 Å². The van der Waals surface area contributed by atoms with Gasteiger partial charge in [0.1, 0.15) is 23.4 Å². The lowest BCUT2D eigenvalue weighted by atomic mass is 10.1. The summed E-state index contributed by atoms with van der Waals surface area (Å²) in [6, 6.07) is 13.5. The average Bonchev–Trinajstić information content (AvgIpc) is 3.45. The molecule has 0 aliphatic carbocycles. The highest BCUT2D eigenvalue weighted by Crippen LogP contribution is 2.33. The normalized spacial score (nSPS) is 15.5. The molecular weight excluding hydrogens is 403 g/mol. The number of halogens is 1. The van der Waals surface area contributed by atoms with E-state index in [2.05, 4.69) is 15.2 Å². The van der Waals surface area contributed by atoms with Crippen molar-refractivity contribution in [2.24, 2.45) is 0 Å². The minimum Gasteiger partial charge on any atom is -0.497 e. The van der Waals surface area contributed by atoms with Gasteiger partial charge in [-0.05, 0) is 35.9 Å². The zero-order valence-electron chi connectivity index (χ0n) is 16.9. The maximum Gasteiger partial charge on any atom is 0.278 e. The lowest BCUT2D eigenvalue weighted by Gasteiger charge is -2.24. The van der Waals surface area contributed by atoms with E-state index >= 15 is 0 Å². The van der Waals surface area contributed by atoms with E-state index in [9.17, 15) is 4.39 Å². The van der Waals surface area contributed by atoms with Crippen LogP contribution in [0.3, 0.4) is 0 Å². The highest BCUT2D eigenvalue weighted by atomic mass is 19.1. The maximum absolute atomic E-state index is 13.2. The Hall–Kier alpha value is -3.72. The molecule has 4 aromatic rings. The highest BCUT2D eigenvalue weighted by Gasteiger charge is 2.25. The van der Waals surface area contributed by atoms with Gasteiger partial charge in [0, 0.05) is 6.07 Å². The molecule has 0 saturated heterocycles. The smallest absolute Gasteiger partial charge is 0.278 e. The second-order valence-electron chi connectivity index (χ2n) is 7.04. The molecule has 1 aliphatic heterocycles. The van der Waals surface area contributed by atoms with Crippen LogP contribution >= 0.6 is 0 Å². The van der Waals surface area contributed by atoms with Crippen molar-refractivity contribution in [2.45, 2.75) is 19.3 Å². The van der Waals surface area contributed by atoms with Crippen molar-refractivity contribution in [3.63, 3.8) is 0 Å². The van der Waals surface area contributed by atoms with Gasteiger partial charge in [0.05, 0.1) is 38.6 Å². The van der Waals surface area contributed by atoms with Crippen LogP contribution in [-0.2, 0) is 17.9 Å². The van der Waals surface area contributed by atoms with E-state index in [-0.39, 0.29) is 11.9 Å². The molecule has 0 saturated carbocycles. The SMILES string of the molecule is COc1ccc(-c2noc(-c3cc4n(n3)C[C@H](c3ccc(F)cc3)OC4)n2)c(OC)c1. The average molecular weight is 422 g/mol. The number of ether oxygens (including phenoxy) is 3. The van der Waals surface area contributed by atoms with E-state index in [0.29, 0.717) is 47.6 Å². The summed E-state index contributed by atoms with van der Waals surface area (Å²) in [6.45, 7) is 0.886. The van der Waals surface area contributed by atoms with Crippen LogP contribution in [-0.4, -0.2) is 34.1 Å². The third-order valence-corrected chi connectivity index (χ3v) is 5.17. The van der Waals surface area contributed by atoms with Crippen molar-refractivity contribution in [1.29, 1.82) is 0 Å². The molecule has 158 valence electrons. The minimum absolute atomic E-state index is 0.206. The summed E-state index contributed by atoms with van der Waals surface area (Å²) >= 11 is 0. The largest absolute Gasteiger partial charge is 0.497 e. The molecule has 0 N–H and O–H groups in total. The van der Waals surface area contributed by atoms with Gasteiger partial charge in [0.15, 0.2) is 5.69 Å². The van der Waals surface area contributed by atoms with Crippen molar-refractivity contribution < 1.29 is 23.1 Å². The Morgan fingerprint density at radius 1 is 1.06 bits per heavy atom. The van der Waals surface area contributed by atoms with E-state index in [0.717, 1.165) is 11.3 Å². The molecule has 2 aromatic carbocycles. The van der Waals surface area contributed by atoms with E-state index in [4.69, 9.17) is 18.7 Å². The van der Waals surface area contributed by atoms with Crippen LogP contribution in [0.15, 0.2) is 53.1 Å². The molecule has 1 atom stereocenters. The first-order valence-corrected chi connectivity index (χ1v) is 9.65. The van der Waals surface area contributed by atoms with Crippen molar-refractivity contribution in [3.8, 4) is 34.5 Å². The summed E-state index contributed by atoms with van der Waals surface area (Å²) < 4.78 is 37.1. The summed E-state index contributed by atoms with van der Waals surface area (Å²) in [5.74, 6) is 1.66. The van der Waals surface area contributed by atoms with Crippen LogP contribution in [0.4, 0.5) is 4.39 Å². The second kappa shape index (κ2) is 7.84. The number of methoxy groups -OCH3 is 2. The number of benzene rings is 2.